The molecule has 4 rings (SSSR count). The SMILES string of the molecule is Cc1nnc2ccc(-c3cccc(NS(=O)(=O)c4ccc(F)c(C(F)(F)F)c4)c3)nn12. The maximum Gasteiger partial charge on any atom is 0.419 e. The van der Waals surface area contributed by atoms with Crippen molar-refractivity contribution >= 4 is 21.4 Å². The van der Waals surface area contributed by atoms with E-state index in [1.54, 1.807) is 31.2 Å². The summed E-state index contributed by atoms with van der Waals surface area (Å²) in [6.45, 7) is 1.72. The Morgan fingerprint density at radius 2 is 1.77 bits per heavy atom. The lowest BCUT2D eigenvalue weighted by Gasteiger charge is -2.12. The number of nitrogens with one attached hydrogen (secondary N) is 1. The van der Waals surface area contributed by atoms with E-state index < -0.39 is 32.5 Å². The molecule has 0 fully saturated rings. The summed E-state index contributed by atoms with van der Waals surface area (Å²) in [5, 5.41) is 12.2. The molecule has 12 heteroatoms. The summed E-state index contributed by atoms with van der Waals surface area (Å²) in [5.41, 5.74) is 0.0152. The predicted molar refractivity (Wildman–Crippen MR) is 103 cm³/mol. The third-order valence-corrected chi connectivity index (χ3v) is 5.76. The Kier molecular flexibility index (Phi) is 4.88. The fourth-order valence-electron chi connectivity index (χ4n) is 2.89. The molecule has 7 nitrogen and oxygen atoms in total. The molecule has 0 bridgehead atoms. The minimum Gasteiger partial charge on any atom is -0.280 e. The third kappa shape index (κ3) is 4.06. The minimum atomic E-state index is -5.03. The first-order valence-corrected chi connectivity index (χ1v) is 10.2. The van der Waals surface area contributed by atoms with Gasteiger partial charge in [-0.1, -0.05) is 12.1 Å². The fraction of sp³-hybridized carbons (Fsp3) is 0.105. The molecular formula is C19H13F4N5O2S. The van der Waals surface area contributed by atoms with Crippen molar-refractivity contribution < 1.29 is 26.0 Å². The average Bonchev–Trinajstić information content (AvgIpc) is 3.07. The van der Waals surface area contributed by atoms with Crippen molar-refractivity contribution in [1.29, 1.82) is 0 Å². The fourth-order valence-corrected chi connectivity index (χ4v) is 3.97. The van der Waals surface area contributed by atoms with Crippen LogP contribution in [0.2, 0.25) is 0 Å². The van der Waals surface area contributed by atoms with Crippen LogP contribution < -0.4 is 4.72 Å². The highest BCUT2D eigenvalue weighted by Gasteiger charge is 2.35. The van der Waals surface area contributed by atoms with Gasteiger partial charge in [0.2, 0.25) is 0 Å². The third-order valence-electron chi connectivity index (χ3n) is 4.38. The van der Waals surface area contributed by atoms with Crippen molar-refractivity contribution in [2.24, 2.45) is 0 Å². The number of rotatable bonds is 4. The summed E-state index contributed by atoms with van der Waals surface area (Å²) >= 11 is 0. The smallest absolute Gasteiger partial charge is 0.280 e. The molecule has 0 spiro atoms. The first kappa shape index (κ1) is 20.7. The normalized spacial score (nSPS) is 12.3. The van der Waals surface area contributed by atoms with Gasteiger partial charge in [0, 0.05) is 11.3 Å². The molecular weight excluding hydrogens is 438 g/mol. The van der Waals surface area contributed by atoms with Crippen LogP contribution >= 0.6 is 0 Å². The van der Waals surface area contributed by atoms with E-state index in [2.05, 4.69) is 20.0 Å². The number of nitrogens with zero attached hydrogens (tertiary/aromatic N) is 4. The minimum absolute atomic E-state index is 0.0951. The molecule has 0 aliphatic rings. The number of aryl methyl sites for hydroxylation is 1. The number of halogens is 4. The zero-order valence-corrected chi connectivity index (χ0v) is 16.5. The maximum atomic E-state index is 13.5. The second-order valence-electron chi connectivity index (χ2n) is 6.56. The van der Waals surface area contributed by atoms with Crippen molar-refractivity contribution in [2.75, 3.05) is 4.72 Å². The molecule has 2 aromatic carbocycles. The zero-order chi connectivity index (χ0) is 22.4. The van der Waals surface area contributed by atoms with Gasteiger partial charge in [0.25, 0.3) is 10.0 Å². The average molecular weight is 451 g/mol. The topological polar surface area (TPSA) is 89.2 Å². The number of fused-ring (bicyclic) bond motifs is 1. The van der Waals surface area contributed by atoms with Crippen LogP contribution in [-0.2, 0) is 16.2 Å². The lowest BCUT2D eigenvalue weighted by atomic mass is 10.1. The van der Waals surface area contributed by atoms with Gasteiger partial charge >= 0.3 is 6.18 Å². The number of aromatic nitrogens is 4. The summed E-state index contributed by atoms with van der Waals surface area (Å²) < 4.78 is 81.2. The van der Waals surface area contributed by atoms with E-state index in [0.29, 0.717) is 28.8 Å². The van der Waals surface area contributed by atoms with E-state index in [9.17, 15) is 26.0 Å². The summed E-state index contributed by atoms with van der Waals surface area (Å²) in [7, 11) is -4.41. The van der Waals surface area contributed by atoms with Crippen molar-refractivity contribution in [3.63, 3.8) is 0 Å². The summed E-state index contributed by atoms with van der Waals surface area (Å²) in [5.74, 6) is -0.996. The highest BCUT2D eigenvalue weighted by atomic mass is 32.2. The molecule has 0 aliphatic heterocycles. The molecule has 0 saturated carbocycles. The van der Waals surface area contributed by atoms with E-state index in [1.807, 2.05) is 0 Å². The second kappa shape index (κ2) is 7.30. The van der Waals surface area contributed by atoms with Crippen LogP contribution in [0.5, 0.6) is 0 Å². The highest BCUT2D eigenvalue weighted by Crippen LogP contribution is 2.33. The van der Waals surface area contributed by atoms with Crippen LogP contribution in [0.15, 0.2) is 59.5 Å². The van der Waals surface area contributed by atoms with Crippen molar-refractivity contribution in [2.45, 2.75) is 18.0 Å². The van der Waals surface area contributed by atoms with Crippen LogP contribution in [0, 0.1) is 12.7 Å². The van der Waals surface area contributed by atoms with Crippen LogP contribution in [0.4, 0.5) is 23.2 Å². The number of hydrogen-bond acceptors (Lipinski definition) is 5. The molecule has 4 aromatic rings. The largest absolute Gasteiger partial charge is 0.419 e. The van der Waals surface area contributed by atoms with E-state index in [0.717, 1.165) is 6.07 Å². The van der Waals surface area contributed by atoms with Crippen LogP contribution in [0.3, 0.4) is 0 Å². The Labute approximate surface area is 173 Å². The summed E-state index contributed by atoms with van der Waals surface area (Å²) in [6.07, 6.45) is -5.03. The molecule has 2 aromatic heterocycles. The molecule has 0 atom stereocenters. The molecule has 0 saturated heterocycles. The monoisotopic (exact) mass is 451 g/mol. The number of sulfonamides is 1. The molecule has 0 aliphatic carbocycles. The lowest BCUT2D eigenvalue weighted by Crippen LogP contribution is -2.15. The molecule has 2 heterocycles. The number of anilines is 1. The Morgan fingerprint density at radius 3 is 2.52 bits per heavy atom. The zero-order valence-electron chi connectivity index (χ0n) is 15.7. The van der Waals surface area contributed by atoms with Gasteiger partial charge < -0.3 is 0 Å². The lowest BCUT2D eigenvalue weighted by molar-refractivity contribution is -0.140. The quantitative estimate of drug-likeness (QED) is 0.473. The van der Waals surface area contributed by atoms with Crippen LogP contribution in [0.1, 0.15) is 11.4 Å². The van der Waals surface area contributed by atoms with Crippen LogP contribution in [-0.4, -0.2) is 28.2 Å². The number of alkyl halides is 3. The Morgan fingerprint density at radius 1 is 1.00 bits per heavy atom. The first-order chi connectivity index (χ1) is 14.5. The van der Waals surface area contributed by atoms with Crippen molar-refractivity contribution in [3.05, 3.63) is 71.8 Å². The second-order valence-corrected chi connectivity index (χ2v) is 8.24. The molecule has 31 heavy (non-hydrogen) atoms. The molecule has 0 amide bonds. The Bertz CT molecular complexity index is 1400. The van der Waals surface area contributed by atoms with Crippen LogP contribution in [0.25, 0.3) is 16.9 Å². The van der Waals surface area contributed by atoms with E-state index in [1.165, 1.54) is 16.6 Å². The first-order valence-electron chi connectivity index (χ1n) is 8.74. The van der Waals surface area contributed by atoms with Gasteiger partial charge in [-0.15, -0.1) is 10.2 Å². The predicted octanol–water partition coefficient (Wildman–Crippen LogP) is 4.06. The van der Waals surface area contributed by atoms with Gasteiger partial charge in [-0.3, -0.25) is 4.72 Å². The van der Waals surface area contributed by atoms with Gasteiger partial charge in [0.1, 0.15) is 5.82 Å². The maximum absolute atomic E-state index is 13.5. The van der Waals surface area contributed by atoms with E-state index in [-0.39, 0.29) is 11.8 Å². The number of benzene rings is 2. The Balaban J connectivity index is 1.67. The van der Waals surface area contributed by atoms with Gasteiger partial charge in [0.15, 0.2) is 11.5 Å². The molecule has 0 radical (unpaired) electrons. The number of hydrogen-bond donors (Lipinski definition) is 1. The molecule has 1 N–H and O–H groups in total. The van der Waals surface area contributed by atoms with E-state index in [4.69, 9.17) is 0 Å². The van der Waals surface area contributed by atoms with Gasteiger partial charge in [-0.2, -0.15) is 22.8 Å². The van der Waals surface area contributed by atoms with Gasteiger partial charge in [-0.05, 0) is 49.4 Å². The standard InChI is InChI=1S/C19H13F4N5O2S/c1-11-24-25-18-8-7-17(26-28(11)18)12-3-2-4-13(9-12)27-31(29,30)14-5-6-16(20)15(10-14)19(21,22)23/h2-10,27H,1H3. The molecule has 0 unspecified atom stereocenters. The summed E-state index contributed by atoms with van der Waals surface area (Å²) in [6, 6.07) is 11.0. The van der Waals surface area contributed by atoms with Crippen molar-refractivity contribution in [3.8, 4) is 11.3 Å². The van der Waals surface area contributed by atoms with Gasteiger partial charge in [-0.25, -0.2) is 12.8 Å². The molecule has 160 valence electrons. The summed E-state index contributed by atoms with van der Waals surface area (Å²) in [4.78, 5) is -0.716. The van der Waals surface area contributed by atoms with Crippen molar-refractivity contribution in [1.82, 2.24) is 19.8 Å². The highest BCUT2D eigenvalue weighted by molar-refractivity contribution is 7.92. The van der Waals surface area contributed by atoms with Gasteiger partial charge in [0.05, 0.1) is 16.2 Å². The van der Waals surface area contributed by atoms with E-state index >= 15 is 0 Å². The Hall–Kier alpha value is -3.54.